The maximum Gasteiger partial charge on any atom is 0.289 e. The smallest absolute Gasteiger partial charge is 0.289 e. The van der Waals surface area contributed by atoms with Crippen LogP contribution >= 0.6 is 0 Å². The molecule has 144 valence electrons. The summed E-state index contributed by atoms with van der Waals surface area (Å²) in [6.07, 6.45) is 2.87. The normalized spacial score (nSPS) is 15.6. The molecular weight excluding hydrogens is 340 g/mol. The number of piperidine rings is 1. The zero-order valence-electron chi connectivity index (χ0n) is 16.3. The van der Waals surface area contributed by atoms with E-state index in [4.69, 9.17) is 4.42 Å². The SMILES string of the molecule is Cc1cccc(C(C)(C)CNC(=O)C2CCN(C(=O)c3ccco3)CC2)c1. The molecule has 27 heavy (non-hydrogen) atoms. The van der Waals surface area contributed by atoms with E-state index in [0.717, 1.165) is 0 Å². The number of aryl methyl sites for hydroxylation is 1. The van der Waals surface area contributed by atoms with Gasteiger partial charge in [0, 0.05) is 31.0 Å². The molecule has 1 aliphatic rings. The Morgan fingerprint density at radius 1 is 1.19 bits per heavy atom. The highest BCUT2D eigenvalue weighted by Crippen LogP contribution is 2.24. The average Bonchev–Trinajstić information content (AvgIpc) is 3.20. The van der Waals surface area contributed by atoms with Crippen molar-refractivity contribution in [2.45, 2.75) is 39.0 Å². The number of nitrogens with zero attached hydrogens (tertiary/aromatic N) is 1. The minimum atomic E-state index is -0.127. The van der Waals surface area contributed by atoms with Gasteiger partial charge >= 0.3 is 0 Å². The minimum Gasteiger partial charge on any atom is -0.459 e. The Bertz CT molecular complexity index is 788. The van der Waals surface area contributed by atoms with Crippen molar-refractivity contribution in [3.8, 4) is 0 Å². The molecule has 2 heterocycles. The summed E-state index contributed by atoms with van der Waals surface area (Å²) in [4.78, 5) is 26.7. The number of carbonyl (C=O) groups excluding carboxylic acids is 2. The van der Waals surface area contributed by atoms with Crippen molar-refractivity contribution in [2.75, 3.05) is 19.6 Å². The van der Waals surface area contributed by atoms with Gasteiger partial charge in [0.15, 0.2) is 5.76 Å². The molecule has 3 rings (SSSR count). The molecule has 0 spiro atoms. The zero-order valence-corrected chi connectivity index (χ0v) is 16.3. The minimum absolute atomic E-state index is 0.0426. The number of rotatable bonds is 5. The summed E-state index contributed by atoms with van der Waals surface area (Å²) in [6.45, 7) is 8.13. The molecule has 0 saturated carbocycles. The molecule has 5 nitrogen and oxygen atoms in total. The predicted octanol–water partition coefficient (Wildman–Crippen LogP) is 3.53. The van der Waals surface area contributed by atoms with Crippen LogP contribution in [0.15, 0.2) is 47.1 Å². The van der Waals surface area contributed by atoms with Crippen molar-refractivity contribution in [3.05, 3.63) is 59.5 Å². The molecule has 2 aromatic rings. The summed E-state index contributed by atoms with van der Waals surface area (Å²) in [5, 5.41) is 3.12. The number of likely N-dealkylation sites (tertiary alicyclic amines) is 1. The molecule has 1 aliphatic heterocycles. The molecule has 0 atom stereocenters. The van der Waals surface area contributed by atoms with E-state index in [2.05, 4.69) is 50.4 Å². The van der Waals surface area contributed by atoms with Crippen LogP contribution in [0.5, 0.6) is 0 Å². The largest absolute Gasteiger partial charge is 0.459 e. The van der Waals surface area contributed by atoms with Crippen molar-refractivity contribution < 1.29 is 14.0 Å². The molecule has 1 fully saturated rings. The lowest BCUT2D eigenvalue weighted by Crippen LogP contribution is -2.45. The molecule has 1 N–H and O–H groups in total. The number of hydrogen-bond acceptors (Lipinski definition) is 3. The summed E-state index contributed by atoms with van der Waals surface area (Å²) >= 11 is 0. The van der Waals surface area contributed by atoms with Gasteiger partial charge in [-0.3, -0.25) is 9.59 Å². The molecule has 0 bridgehead atoms. The van der Waals surface area contributed by atoms with E-state index in [1.807, 2.05) is 0 Å². The number of nitrogens with one attached hydrogen (secondary N) is 1. The van der Waals surface area contributed by atoms with Gasteiger partial charge in [0.1, 0.15) is 0 Å². The second kappa shape index (κ2) is 7.99. The number of carbonyl (C=O) groups is 2. The highest BCUT2D eigenvalue weighted by atomic mass is 16.3. The van der Waals surface area contributed by atoms with E-state index in [9.17, 15) is 9.59 Å². The fourth-order valence-corrected chi connectivity index (χ4v) is 3.52. The van der Waals surface area contributed by atoms with Crippen LogP contribution in [0.25, 0.3) is 0 Å². The second-order valence-electron chi connectivity index (χ2n) is 8.01. The van der Waals surface area contributed by atoms with Gasteiger partial charge in [-0.25, -0.2) is 0 Å². The van der Waals surface area contributed by atoms with Gasteiger partial charge in [-0.05, 0) is 37.5 Å². The van der Waals surface area contributed by atoms with Crippen molar-refractivity contribution >= 4 is 11.8 Å². The van der Waals surface area contributed by atoms with Crippen molar-refractivity contribution in [1.82, 2.24) is 10.2 Å². The van der Waals surface area contributed by atoms with Crippen LogP contribution in [-0.4, -0.2) is 36.3 Å². The molecule has 5 heteroatoms. The van der Waals surface area contributed by atoms with Crippen LogP contribution in [0.1, 0.15) is 48.4 Å². The predicted molar refractivity (Wildman–Crippen MR) is 105 cm³/mol. The van der Waals surface area contributed by atoms with Crippen LogP contribution in [0.2, 0.25) is 0 Å². The van der Waals surface area contributed by atoms with Gasteiger partial charge in [0.05, 0.1) is 6.26 Å². The van der Waals surface area contributed by atoms with Gasteiger partial charge in [-0.2, -0.15) is 0 Å². The molecule has 0 radical (unpaired) electrons. The number of benzene rings is 1. The Hall–Kier alpha value is -2.56. The van der Waals surface area contributed by atoms with E-state index in [1.54, 1.807) is 17.0 Å². The Morgan fingerprint density at radius 3 is 2.56 bits per heavy atom. The van der Waals surface area contributed by atoms with E-state index in [0.29, 0.717) is 38.2 Å². The highest BCUT2D eigenvalue weighted by molar-refractivity contribution is 5.91. The first-order valence-corrected chi connectivity index (χ1v) is 9.54. The summed E-state index contributed by atoms with van der Waals surface area (Å²) in [5.74, 6) is 0.303. The number of hydrogen-bond donors (Lipinski definition) is 1. The van der Waals surface area contributed by atoms with Gasteiger partial charge in [0.25, 0.3) is 5.91 Å². The second-order valence-corrected chi connectivity index (χ2v) is 8.01. The van der Waals surface area contributed by atoms with Crippen LogP contribution < -0.4 is 5.32 Å². The van der Waals surface area contributed by atoms with Gasteiger partial charge < -0.3 is 14.6 Å². The highest BCUT2D eigenvalue weighted by Gasteiger charge is 2.30. The third kappa shape index (κ3) is 4.59. The van der Waals surface area contributed by atoms with E-state index < -0.39 is 0 Å². The Morgan fingerprint density at radius 2 is 1.93 bits per heavy atom. The third-order valence-corrected chi connectivity index (χ3v) is 5.39. The van der Waals surface area contributed by atoms with Gasteiger partial charge in [-0.1, -0.05) is 43.7 Å². The van der Waals surface area contributed by atoms with Crippen LogP contribution in [0.3, 0.4) is 0 Å². The Kier molecular flexibility index (Phi) is 5.68. The van der Waals surface area contributed by atoms with E-state index in [1.165, 1.54) is 17.4 Å². The molecule has 0 unspecified atom stereocenters. The first-order valence-electron chi connectivity index (χ1n) is 9.54. The average molecular weight is 368 g/mol. The maximum atomic E-state index is 12.6. The zero-order chi connectivity index (χ0) is 19.4. The summed E-state index contributed by atoms with van der Waals surface area (Å²) in [5.41, 5.74) is 2.32. The fraction of sp³-hybridized carbons (Fsp3) is 0.455. The lowest BCUT2D eigenvalue weighted by atomic mass is 9.83. The molecule has 2 amide bonds. The first-order chi connectivity index (χ1) is 12.9. The topological polar surface area (TPSA) is 62.6 Å². The Balaban J connectivity index is 1.50. The summed E-state index contributed by atoms with van der Waals surface area (Å²) in [7, 11) is 0. The van der Waals surface area contributed by atoms with Crippen LogP contribution in [0, 0.1) is 12.8 Å². The molecule has 1 aromatic heterocycles. The van der Waals surface area contributed by atoms with Gasteiger partial charge in [-0.15, -0.1) is 0 Å². The van der Waals surface area contributed by atoms with Gasteiger partial charge in [0.2, 0.25) is 5.91 Å². The standard InChI is InChI=1S/C22H28N2O3/c1-16-6-4-7-18(14-16)22(2,3)15-23-20(25)17-9-11-24(12-10-17)21(26)19-8-5-13-27-19/h4-8,13-14,17H,9-12,15H2,1-3H3,(H,23,25). The monoisotopic (exact) mass is 368 g/mol. The van der Waals surface area contributed by atoms with E-state index in [-0.39, 0.29) is 23.1 Å². The lowest BCUT2D eigenvalue weighted by molar-refractivity contribution is -0.126. The first kappa shape index (κ1) is 19.2. The quantitative estimate of drug-likeness (QED) is 0.878. The van der Waals surface area contributed by atoms with E-state index >= 15 is 0 Å². The Labute approximate surface area is 160 Å². The van der Waals surface area contributed by atoms with Crippen LogP contribution in [0.4, 0.5) is 0 Å². The number of amides is 2. The van der Waals surface area contributed by atoms with Crippen LogP contribution in [-0.2, 0) is 10.2 Å². The molecular formula is C22H28N2O3. The lowest BCUT2D eigenvalue weighted by Gasteiger charge is -2.32. The summed E-state index contributed by atoms with van der Waals surface area (Å²) in [6, 6.07) is 11.8. The third-order valence-electron chi connectivity index (χ3n) is 5.39. The molecule has 1 saturated heterocycles. The maximum absolute atomic E-state index is 12.6. The van der Waals surface area contributed by atoms with Crippen molar-refractivity contribution in [3.63, 3.8) is 0 Å². The summed E-state index contributed by atoms with van der Waals surface area (Å²) < 4.78 is 5.18. The molecule has 1 aromatic carbocycles. The fourth-order valence-electron chi connectivity index (χ4n) is 3.52. The van der Waals surface area contributed by atoms with Crippen molar-refractivity contribution in [2.24, 2.45) is 5.92 Å². The number of furan rings is 1. The molecule has 0 aliphatic carbocycles. The van der Waals surface area contributed by atoms with Crippen molar-refractivity contribution in [1.29, 1.82) is 0 Å².